The molecule has 0 spiro atoms. The molecule has 2 amide bonds. The normalized spacial score (nSPS) is 16.8. The first-order valence-electron chi connectivity index (χ1n) is 8.56. The van der Waals surface area contributed by atoms with Gasteiger partial charge < -0.3 is 15.0 Å². The SMILES string of the molecule is CC(C)Oc1ccccc1NC(=O)C1CC(=O)N(c2cccc(Cl)c2)C1. The number of ether oxygens (including phenoxy) is 1. The van der Waals surface area contributed by atoms with E-state index in [1.165, 1.54) is 0 Å². The minimum Gasteiger partial charge on any atom is -0.489 e. The molecule has 1 unspecified atom stereocenters. The Bertz CT molecular complexity index is 822. The van der Waals surface area contributed by atoms with Gasteiger partial charge in [-0.05, 0) is 44.2 Å². The zero-order valence-electron chi connectivity index (χ0n) is 14.7. The van der Waals surface area contributed by atoms with Crippen molar-refractivity contribution < 1.29 is 14.3 Å². The summed E-state index contributed by atoms with van der Waals surface area (Å²) in [5.74, 6) is -0.0812. The first-order valence-corrected chi connectivity index (χ1v) is 8.94. The van der Waals surface area contributed by atoms with E-state index in [-0.39, 0.29) is 24.3 Å². The third kappa shape index (κ3) is 4.17. The third-order valence-corrected chi connectivity index (χ3v) is 4.36. The summed E-state index contributed by atoms with van der Waals surface area (Å²) in [6.07, 6.45) is 0.172. The Morgan fingerprint density at radius 2 is 2.00 bits per heavy atom. The van der Waals surface area contributed by atoms with E-state index in [0.29, 0.717) is 28.7 Å². The fourth-order valence-electron chi connectivity index (χ4n) is 2.94. The first-order chi connectivity index (χ1) is 12.4. The van der Waals surface area contributed by atoms with Crippen molar-refractivity contribution in [1.82, 2.24) is 0 Å². The summed E-state index contributed by atoms with van der Waals surface area (Å²) in [5.41, 5.74) is 1.32. The maximum Gasteiger partial charge on any atom is 0.229 e. The highest BCUT2D eigenvalue weighted by Gasteiger charge is 2.35. The first kappa shape index (κ1) is 18.3. The number of hydrogen-bond acceptors (Lipinski definition) is 3. The lowest BCUT2D eigenvalue weighted by molar-refractivity contribution is -0.122. The van der Waals surface area contributed by atoms with Crippen LogP contribution in [0, 0.1) is 5.92 Å². The minimum atomic E-state index is -0.423. The molecule has 1 aliphatic rings. The number of benzene rings is 2. The number of halogens is 1. The monoisotopic (exact) mass is 372 g/mol. The molecule has 2 aromatic rings. The number of hydrogen-bond donors (Lipinski definition) is 1. The van der Waals surface area contributed by atoms with Gasteiger partial charge in [-0.15, -0.1) is 0 Å². The van der Waals surface area contributed by atoms with E-state index < -0.39 is 5.92 Å². The van der Waals surface area contributed by atoms with Gasteiger partial charge in [0.15, 0.2) is 0 Å². The van der Waals surface area contributed by atoms with Gasteiger partial charge in [-0.2, -0.15) is 0 Å². The molecule has 1 heterocycles. The Labute approximate surface area is 157 Å². The number of para-hydroxylation sites is 2. The number of nitrogens with zero attached hydrogens (tertiary/aromatic N) is 1. The smallest absolute Gasteiger partial charge is 0.229 e. The highest BCUT2D eigenvalue weighted by atomic mass is 35.5. The maximum atomic E-state index is 12.7. The van der Waals surface area contributed by atoms with Gasteiger partial charge in [0, 0.05) is 23.7 Å². The van der Waals surface area contributed by atoms with Crippen LogP contribution in [0.4, 0.5) is 11.4 Å². The number of amides is 2. The Hall–Kier alpha value is -2.53. The number of rotatable bonds is 5. The van der Waals surface area contributed by atoms with Crippen molar-refractivity contribution in [3.8, 4) is 5.75 Å². The van der Waals surface area contributed by atoms with Crippen LogP contribution in [0.3, 0.4) is 0 Å². The van der Waals surface area contributed by atoms with E-state index in [1.807, 2.05) is 38.1 Å². The van der Waals surface area contributed by atoms with E-state index in [0.717, 1.165) is 0 Å². The van der Waals surface area contributed by atoms with E-state index in [9.17, 15) is 9.59 Å². The summed E-state index contributed by atoms with van der Waals surface area (Å²) in [4.78, 5) is 26.6. The molecule has 6 heteroatoms. The van der Waals surface area contributed by atoms with Crippen molar-refractivity contribution in [1.29, 1.82) is 0 Å². The van der Waals surface area contributed by atoms with Crippen molar-refractivity contribution in [2.24, 2.45) is 5.92 Å². The number of anilines is 2. The second kappa shape index (κ2) is 7.79. The second-order valence-electron chi connectivity index (χ2n) is 6.54. The van der Waals surface area contributed by atoms with Crippen molar-refractivity contribution in [2.45, 2.75) is 26.4 Å². The molecule has 0 saturated carbocycles. The van der Waals surface area contributed by atoms with Crippen LogP contribution in [0.2, 0.25) is 5.02 Å². The molecule has 0 bridgehead atoms. The molecule has 26 heavy (non-hydrogen) atoms. The molecule has 1 N–H and O–H groups in total. The van der Waals surface area contributed by atoms with E-state index >= 15 is 0 Å². The van der Waals surface area contributed by atoms with Crippen molar-refractivity contribution in [3.05, 3.63) is 53.6 Å². The highest BCUT2D eigenvalue weighted by Crippen LogP contribution is 2.30. The fraction of sp³-hybridized carbons (Fsp3) is 0.300. The fourth-order valence-corrected chi connectivity index (χ4v) is 3.12. The van der Waals surface area contributed by atoms with Crippen LogP contribution < -0.4 is 15.0 Å². The largest absolute Gasteiger partial charge is 0.489 e. The van der Waals surface area contributed by atoms with E-state index in [4.69, 9.17) is 16.3 Å². The minimum absolute atomic E-state index is 0.000527. The van der Waals surface area contributed by atoms with Crippen LogP contribution >= 0.6 is 11.6 Å². The predicted octanol–water partition coefficient (Wildman–Crippen LogP) is 4.12. The third-order valence-electron chi connectivity index (χ3n) is 4.12. The standard InChI is InChI=1S/C20H21ClN2O3/c1-13(2)26-18-9-4-3-8-17(18)22-20(25)14-10-19(24)23(12-14)16-7-5-6-15(21)11-16/h3-9,11,13-14H,10,12H2,1-2H3,(H,22,25). The zero-order valence-corrected chi connectivity index (χ0v) is 15.5. The summed E-state index contributed by atoms with van der Waals surface area (Å²) >= 11 is 6.00. The summed E-state index contributed by atoms with van der Waals surface area (Å²) in [6.45, 7) is 4.19. The van der Waals surface area contributed by atoms with Crippen LogP contribution in [0.1, 0.15) is 20.3 Å². The Morgan fingerprint density at radius 3 is 2.73 bits per heavy atom. The van der Waals surface area contributed by atoms with Gasteiger partial charge in [-0.3, -0.25) is 9.59 Å². The number of nitrogens with one attached hydrogen (secondary N) is 1. The lowest BCUT2D eigenvalue weighted by Crippen LogP contribution is -2.28. The molecule has 3 rings (SSSR count). The van der Waals surface area contributed by atoms with Gasteiger partial charge in [0.25, 0.3) is 0 Å². The van der Waals surface area contributed by atoms with E-state index in [2.05, 4.69) is 5.32 Å². The van der Waals surface area contributed by atoms with Crippen molar-refractivity contribution in [3.63, 3.8) is 0 Å². The molecule has 5 nitrogen and oxygen atoms in total. The van der Waals surface area contributed by atoms with Crippen LogP contribution in [0.5, 0.6) is 5.75 Å². The summed E-state index contributed by atoms with van der Waals surface area (Å²) in [5, 5.41) is 3.45. The lowest BCUT2D eigenvalue weighted by Gasteiger charge is -2.18. The Balaban J connectivity index is 1.71. The average Bonchev–Trinajstić information content (AvgIpc) is 2.98. The average molecular weight is 373 g/mol. The molecule has 1 aliphatic heterocycles. The van der Waals surface area contributed by atoms with Gasteiger partial charge in [0.2, 0.25) is 11.8 Å². The summed E-state index contributed by atoms with van der Waals surface area (Å²) in [7, 11) is 0. The Morgan fingerprint density at radius 1 is 1.23 bits per heavy atom. The molecule has 0 radical (unpaired) electrons. The number of carbonyl (C=O) groups is 2. The predicted molar refractivity (Wildman–Crippen MR) is 103 cm³/mol. The van der Waals surface area contributed by atoms with Crippen LogP contribution in [-0.2, 0) is 9.59 Å². The molecule has 2 aromatic carbocycles. The molecular formula is C20H21ClN2O3. The zero-order chi connectivity index (χ0) is 18.7. The molecule has 136 valence electrons. The second-order valence-corrected chi connectivity index (χ2v) is 6.97. The van der Waals surface area contributed by atoms with Gasteiger partial charge in [0.05, 0.1) is 17.7 Å². The molecule has 0 aliphatic carbocycles. The topological polar surface area (TPSA) is 58.6 Å². The molecule has 0 aromatic heterocycles. The van der Waals surface area contributed by atoms with Crippen molar-refractivity contribution >= 4 is 34.8 Å². The van der Waals surface area contributed by atoms with E-state index in [1.54, 1.807) is 29.2 Å². The lowest BCUT2D eigenvalue weighted by atomic mass is 10.1. The maximum absolute atomic E-state index is 12.7. The highest BCUT2D eigenvalue weighted by molar-refractivity contribution is 6.31. The quantitative estimate of drug-likeness (QED) is 0.858. The van der Waals surface area contributed by atoms with Gasteiger partial charge in [-0.1, -0.05) is 29.8 Å². The summed E-state index contributed by atoms with van der Waals surface area (Å²) < 4.78 is 5.73. The molecule has 1 saturated heterocycles. The molecular weight excluding hydrogens is 352 g/mol. The van der Waals surface area contributed by atoms with Gasteiger partial charge in [-0.25, -0.2) is 0 Å². The molecule has 1 atom stereocenters. The van der Waals surface area contributed by atoms with Crippen LogP contribution in [0.15, 0.2) is 48.5 Å². The summed E-state index contributed by atoms with van der Waals surface area (Å²) in [6, 6.07) is 14.4. The Kier molecular flexibility index (Phi) is 5.47. The van der Waals surface area contributed by atoms with Gasteiger partial charge in [0.1, 0.15) is 5.75 Å². The number of carbonyl (C=O) groups excluding carboxylic acids is 2. The van der Waals surface area contributed by atoms with Gasteiger partial charge >= 0.3 is 0 Å². The van der Waals surface area contributed by atoms with Crippen LogP contribution in [0.25, 0.3) is 0 Å². The van der Waals surface area contributed by atoms with Crippen LogP contribution in [-0.4, -0.2) is 24.5 Å². The van der Waals surface area contributed by atoms with Crippen molar-refractivity contribution in [2.75, 3.05) is 16.8 Å². The molecule has 1 fully saturated rings.